The van der Waals surface area contributed by atoms with Crippen LogP contribution in [0, 0.1) is 12.8 Å². The number of nitrogens with zero attached hydrogens (tertiary/aromatic N) is 14. The number of H-pyrrole nitrogens is 4. The summed E-state index contributed by atoms with van der Waals surface area (Å²) in [5.74, 6) is 2.21. The summed E-state index contributed by atoms with van der Waals surface area (Å²) in [6.45, 7) is 18.1. The molecular formula is C54H66N18. The summed E-state index contributed by atoms with van der Waals surface area (Å²) in [4.78, 5) is 44.6. The quantitative estimate of drug-likeness (QED) is 0.0951. The van der Waals surface area contributed by atoms with Crippen LogP contribution in [0.5, 0.6) is 0 Å². The maximum atomic E-state index is 5.05. The van der Waals surface area contributed by atoms with Crippen molar-refractivity contribution >= 4 is 44.4 Å². The van der Waals surface area contributed by atoms with E-state index >= 15 is 0 Å². The van der Waals surface area contributed by atoms with Crippen molar-refractivity contribution < 1.29 is 0 Å². The van der Waals surface area contributed by atoms with Gasteiger partial charge in [-0.05, 0) is 69.3 Å². The summed E-state index contributed by atoms with van der Waals surface area (Å²) in [6.07, 6.45) is 24.9. The highest BCUT2D eigenvalue weighted by Crippen LogP contribution is 2.34. The SMILES string of the molecule is C=C/C=C(\c1nc(-c2n[nH]c3cnc(-c4cncc(CC5CCCCC5)c4)cc23)[nH]c1C)N1CCN(C)CC1.CC.CN1CCN(c2ccnc3nc(-c4n[nH]c5cnc(-c6cnn(C)c6)cc45)[nH]c23)CC1. The molecule has 0 aromatic carbocycles. The van der Waals surface area contributed by atoms with E-state index in [1.807, 2.05) is 64.0 Å². The number of allylic oxidation sites excluding steroid dienone is 2. The molecule has 11 heterocycles. The van der Waals surface area contributed by atoms with Crippen molar-refractivity contribution in [3.63, 3.8) is 0 Å². The molecule has 372 valence electrons. The molecule has 9 aromatic rings. The Labute approximate surface area is 420 Å². The second-order valence-corrected chi connectivity index (χ2v) is 19.1. The van der Waals surface area contributed by atoms with Crippen molar-refractivity contribution in [1.82, 2.24) is 84.7 Å². The lowest BCUT2D eigenvalue weighted by Crippen LogP contribution is -2.44. The molecule has 0 unspecified atom stereocenters. The molecule has 2 aliphatic heterocycles. The maximum Gasteiger partial charge on any atom is 0.180 e. The van der Waals surface area contributed by atoms with E-state index in [1.165, 1.54) is 37.7 Å². The molecule has 0 atom stereocenters. The normalized spacial score (nSPS) is 16.3. The molecule has 3 aliphatic rings. The molecule has 0 bridgehead atoms. The van der Waals surface area contributed by atoms with E-state index in [0.717, 1.165) is 155 Å². The predicted octanol–water partition coefficient (Wildman–Crippen LogP) is 8.69. The number of likely N-dealkylation sites (N-methyl/N-ethyl adjacent to an activating group) is 2. The van der Waals surface area contributed by atoms with Gasteiger partial charge in [-0.1, -0.05) is 58.6 Å². The summed E-state index contributed by atoms with van der Waals surface area (Å²) in [7, 11) is 6.22. The van der Waals surface area contributed by atoms with Crippen molar-refractivity contribution in [2.24, 2.45) is 13.0 Å². The average Bonchev–Trinajstić information content (AvgIpc) is 4.28. The molecule has 0 radical (unpaired) electrons. The number of pyridine rings is 4. The minimum atomic E-state index is 0.693. The van der Waals surface area contributed by atoms with Crippen molar-refractivity contribution in [1.29, 1.82) is 0 Å². The van der Waals surface area contributed by atoms with Crippen LogP contribution >= 0.6 is 0 Å². The van der Waals surface area contributed by atoms with Gasteiger partial charge in [0.05, 0.1) is 52.4 Å². The molecule has 3 fully saturated rings. The standard InChI is InChI=1S/C31H38N8.C21H22N10.C2H6/c1-4-8-28(39-13-11-38(3)12-14-39)29-21(2)34-31(35-29)30-25-17-26(33-20-27(25)36-37-30)24-16-23(18-32-19-24)15-22-9-6-5-7-10-22;1-29-5-7-31(8-6-29)17-3-4-22-20-19(17)25-21(26-20)18-14-9-15(13-10-24-30(2)12-13)23-11-16(14)27-28-18;1-2/h4,8,16-20,22H,1,5-7,9-15H2,2-3H3,(H,34,35)(H,36,37);3-4,9-12H,5-8H2,1-2H3,(H,27,28)(H,22,25,26);1-2H3/b28-8+;;. The first-order valence-corrected chi connectivity index (χ1v) is 25.5. The number of fused-ring (bicyclic) bond motifs is 3. The largest absolute Gasteiger partial charge is 0.367 e. The number of nitrogens with one attached hydrogen (secondary N) is 4. The van der Waals surface area contributed by atoms with Crippen LogP contribution in [0.3, 0.4) is 0 Å². The number of piperazine rings is 2. The number of aryl methyl sites for hydroxylation is 2. The summed E-state index contributed by atoms with van der Waals surface area (Å²) >= 11 is 0. The summed E-state index contributed by atoms with van der Waals surface area (Å²) < 4.78 is 1.77. The van der Waals surface area contributed by atoms with Crippen molar-refractivity contribution in [2.45, 2.75) is 59.3 Å². The molecule has 0 amide bonds. The van der Waals surface area contributed by atoms with E-state index in [-0.39, 0.29) is 0 Å². The van der Waals surface area contributed by atoms with Crippen LogP contribution in [0.15, 0.2) is 86.4 Å². The molecule has 2 saturated heterocycles. The first-order chi connectivity index (χ1) is 35.2. The Morgan fingerprint density at radius 3 is 2.03 bits per heavy atom. The Kier molecular flexibility index (Phi) is 14.3. The average molecular weight is 967 g/mol. The number of hydrogen-bond donors (Lipinski definition) is 4. The van der Waals surface area contributed by atoms with Crippen LogP contribution in [0.1, 0.15) is 62.9 Å². The van der Waals surface area contributed by atoms with Gasteiger partial charge >= 0.3 is 0 Å². The zero-order valence-corrected chi connectivity index (χ0v) is 42.5. The summed E-state index contributed by atoms with van der Waals surface area (Å²) in [5.41, 5.74) is 14.2. The molecule has 1 aliphatic carbocycles. The van der Waals surface area contributed by atoms with Crippen molar-refractivity contribution in [3.8, 4) is 45.6 Å². The number of aromatic nitrogens is 14. The molecule has 18 nitrogen and oxygen atoms in total. The Bertz CT molecular complexity index is 3310. The van der Waals surface area contributed by atoms with Gasteiger partial charge in [-0.25, -0.2) is 15.0 Å². The molecule has 72 heavy (non-hydrogen) atoms. The molecular weight excluding hydrogens is 901 g/mol. The lowest BCUT2D eigenvalue weighted by molar-refractivity contribution is 0.207. The molecule has 0 spiro atoms. The molecule has 12 rings (SSSR count). The van der Waals surface area contributed by atoms with Gasteiger partial charge in [0.2, 0.25) is 0 Å². The van der Waals surface area contributed by atoms with Gasteiger partial charge in [0.15, 0.2) is 17.3 Å². The van der Waals surface area contributed by atoms with E-state index < -0.39 is 0 Å². The Balaban J connectivity index is 0.000000164. The maximum absolute atomic E-state index is 5.05. The number of anilines is 1. The van der Waals surface area contributed by atoms with Gasteiger partial charge < -0.3 is 29.6 Å². The van der Waals surface area contributed by atoms with Crippen LogP contribution in [-0.2, 0) is 13.5 Å². The minimum absolute atomic E-state index is 0.693. The zero-order chi connectivity index (χ0) is 49.7. The first-order valence-electron chi connectivity index (χ1n) is 25.5. The van der Waals surface area contributed by atoms with Gasteiger partial charge in [0.25, 0.3) is 0 Å². The van der Waals surface area contributed by atoms with E-state index in [9.17, 15) is 0 Å². The zero-order valence-electron chi connectivity index (χ0n) is 42.5. The van der Waals surface area contributed by atoms with Crippen molar-refractivity contribution in [2.75, 3.05) is 71.4 Å². The highest BCUT2D eigenvalue weighted by molar-refractivity contribution is 5.96. The predicted molar refractivity (Wildman–Crippen MR) is 287 cm³/mol. The molecule has 9 aromatic heterocycles. The Morgan fingerprint density at radius 1 is 0.722 bits per heavy atom. The molecule has 18 heteroatoms. The van der Waals surface area contributed by atoms with Gasteiger partial charge in [0.1, 0.15) is 22.6 Å². The summed E-state index contributed by atoms with van der Waals surface area (Å²) in [6, 6.07) is 8.44. The smallest absolute Gasteiger partial charge is 0.180 e. The van der Waals surface area contributed by atoms with E-state index in [4.69, 9.17) is 15.0 Å². The number of hydrogen-bond acceptors (Lipinski definition) is 13. The van der Waals surface area contributed by atoms with E-state index in [1.54, 1.807) is 17.1 Å². The lowest BCUT2D eigenvalue weighted by atomic mass is 9.85. The second kappa shape index (κ2) is 21.4. The van der Waals surface area contributed by atoms with Crippen LogP contribution < -0.4 is 4.90 Å². The third-order valence-electron chi connectivity index (χ3n) is 14.1. The van der Waals surface area contributed by atoms with Gasteiger partial charge in [0, 0.05) is 112 Å². The monoisotopic (exact) mass is 967 g/mol. The highest BCUT2D eigenvalue weighted by Gasteiger charge is 2.24. The molecule has 4 N–H and O–H groups in total. The van der Waals surface area contributed by atoms with E-state index in [0.29, 0.717) is 11.5 Å². The highest BCUT2D eigenvalue weighted by atomic mass is 15.3. The Morgan fingerprint density at radius 2 is 1.38 bits per heavy atom. The fourth-order valence-electron chi connectivity index (χ4n) is 10.2. The topological polar surface area (TPSA) is 197 Å². The first kappa shape index (κ1) is 48.1. The Hall–Kier alpha value is -7.57. The minimum Gasteiger partial charge on any atom is -0.367 e. The van der Waals surface area contributed by atoms with Gasteiger partial charge in [-0.2, -0.15) is 15.3 Å². The van der Waals surface area contributed by atoms with Crippen LogP contribution in [0.2, 0.25) is 0 Å². The molecule has 1 saturated carbocycles. The number of imidazole rings is 2. The van der Waals surface area contributed by atoms with Crippen LogP contribution in [-0.4, -0.2) is 151 Å². The lowest BCUT2D eigenvalue weighted by Gasteiger charge is -2.35. The number of rotatable bonds is 10. The van der Waals surface area contributed by atoms with Gasteiger partial charge in [-0.3, -0.25) is 29.8 Å². The fourth-order valence-corrected chi connectivity index (χ4v) is 10.2. The third-order valence-corrected chi connectivity index (χ3v) is 14.1. The second-order valence-electron chi connectivity index (χ2n) is 19.1. The number of aromatic amines is 4. The van der Waals surface area contributed by atoms with Crippen LogP contribution in [0.25, 0.3) is 84.2 Å². The van der Waals surface area contributed by atoms with Crippen LogP contribution in [0.4, 0.5) is 5.69 Å². The van der Waals surface area contributed by atoms with Crippen molar-refractivity contribution in [3.05, 3.63) is 103 Å². The van der Waals surface area contributed by atoms with E-state index in [2.05, 4.69) is 122 Å². The fraction of sp³-hybridized carbons (Fsp3) is 0.389. The summed E-state index contributed by atoms with van der Waals surface area (Å²) in [5, 5.41) is 21.6. The third kappa shape index (κ3) is 10.1. The van der Waals surface area contributed by atoms with Gasteiger partial charge in [-0.15, -0.1) is 0 Å².